The first-order valence-corrected chi connectivity index (χ1v) is 5.19. The highest BCUT2D eigenvalue weighted by Gasteiger charge is 2.06. The average Bonchev–Trinajstić information content (AvgIpc) is 2.30. The van der Waals surface area contributed by atoms with E-state index in [9.17, 15) is 9.90 Å². The van der Waals surface area contributed by atoms with Gasteiger partial charge in [-0.25, -0.2) is 4.79 Å². The van der Waals surface area contributed by atoms with Crippen LogP contribution in [0.5, 0.6) is 5.75 Å². The molecule has 0 radical (unpaired) electrons. The summed E-state index contributed by atoms with van der Waals surface area (Å²) in [5.41, 5.74) is 2.58. The Labute approximate surface area is 99.0 Å². The minimum absolute atomic E-state index is 0.192. The van der Waals surface area contributed by atoms with Crippen molar-refractivity contribution in [3.63, 3.8) is 0 Å². The van der Waals surface area contributed by atoms with Gasteiger partial charge >= 0.3 is 5.97 Å². The molecule has 86 valence electrons. The molecule has 0 aliphatic carbocycles. The number of carboxylic acid groups (broad SMARTS) is 1. The standard InChI is InChI=1S/C14H12O3/c1-9-2-4-10(5-3-9)11-6-7-13(15)12(8-11)14(16)17/h2-8,15H,1H3,(H,16,17)/p-1. The van der Waals surface area contributed by atoms with Crippen LogP contribution in [0.4, 0.5) is 0 Å². The molecule has 0 atom stereocenters. The highest BCUT2D eigenvalue weighted by molar-refractivity contribution is 5.92. The van der Waals surface area contributed by atoms with Gasteiger partial charge in [-0.05, 0) is 24.1 Å². The van der Waals surface area contributed by atoms with E-state index in [4.69, 9.17) is 5.11 Å². The predicted octanol–water partition coefficient (Wildman–Crippen LogP) is 2.43. The molecule has 0 spiro atoms. The van der Waals surface area contributed by atoms with Crippen molar-refractivity contribution in [2.24, 2.45) is 0 Å². The van der Waals surface area contributed by atoms with Crippen molar-refractivity contribution in [3.05, 3.63) is 53.6 Å². The molecule has 0 heterocycles. The number of carbonyl (C=O) groups is 1. The molecule has 2 rings (SSSR count). The van der Waals surface area contributed by atoms with Crippen LogP contribution in [0.15, 0.2) is 42.5 Å². The van der Waals surface area contributed by atoms with E-state index in [1.54, 1.807) is 6.07 Å². The van der Waals surface area contributed by atoms with Crippen LogP contribution >= 0.6 is 0 Å². The minimum Gasteiger partial charge on any atom is -0.872 e. The number of hydrogen-bond acceptors (Lipinski definition) is 2. The molecule has 0 unspecified atom stereocenters. The number of hydrogen-bond donors (Lipinski definition) is 1. The molecule has 0 fully saturated rings. The van der Waals surface area contributed by atoms with Gasteiger partial charge in [0.2, 0.25) is 0 Å². The highest BCUT2D eigenvalue weighted by atomic mass is 16.4. The molecule has 0 aliphatic heterocycles. The van der Waals surface area contributed by atoms with E-state index in [0.717, 1.165) is 16.7 Å². The predicted molar refractivity (Wildman–Crippen MR) is 63.0 cm³/mol. The second-order valence-electron chi connectivity index (χ2n) is 3.88. The van der Waals surface area contributed by atoms with Crippen LogP contribution in [0, 0.1) is 6.92 Å². The summed E-state index contributed by atoms with van der Waals surface area (Å²) in [5.74, 6) is -1.66. The van der Waals surface area contributed by atoms with Crippen LogP contribution in [-0.4, -0.2) is 11.1 Å². The Morgan fingerprint density at radius 3 is 2.24 bits per heavy atom. The number of aryl methyl sites for hydroxylation is 1. The summed E-state index contributed by atoms with van der Waals surface area (Å²) in [6.45, 7) is 1.98. The van der Waals surface area contributed by atoms with Crippen LogP contribution in [0.25, 0.3) is 11.1 Å². The van der Waals surface area contributed by atoms with Crippen molar-refractivity contribution < 1.29 is 15.0 Å². The third-order valence-corrected chi connectivity index (χ3v) is 2.59. The van der Waals surface area contributed by atoms with Crippen LogP contribution < -0.4 is 5.11 Å². The fraction of sp³-hybridized carbons (Fsp3) is 0.0714. The number of benzene rings is 2. The van der Waals surface area contributed by atoms with E-state index in [0.29, 0.717) is 0 Å². The zero-order chi connectivity index (χ0) is 12.4. The molecule has 17 heavy (non-hydrogen) atoms. The van der Waals surface area contributed by atoms with Crippen molar-refractivity contribution in [1.82, 2.24) is 0 Å². The molecular weight excluding hydrogens is 216 g/mol. The van der Waals surface area contributed by atoms with E-state index in [1.165, 1.54) is 12.1 Å². The zero-order valence-electron chi connectivity index (χ0n) is 9.31. The fourth-order valence-electron chi connectivity index (χ4n) is 1.62. The summed E-state index contributed by atoms with van der Waals surface area (Å²) in [6, 6.07) is 12.0. The van der Waals surface area contributed by atoms with E-state index in [-0.39, 0.29) is 5.56 Å². The Balaban J connectivity index is 2.50. The lowest BCUT2D eigenvalue weighted by Crippen LogP contribution is -2.03. The van der Waals surface area contributed by atoms with Gasteiger partial charge in [-0.15, -0.1) is 0 Å². The third kappa shape index (κ3) is 2.28. The topological polar surface area (TPSA) is 60.4 Å². The highest BCUT2D eigenvalue weighted by Crippen LogP contribution is 2.24. The number of rotatable bonds is 2. The molecule has 2 aromatic rings. The Bertz CT molecular complexity index is 556. The summed E-state index contributed by atoms with van der Waals surface area (Å²) in [6.07, 6.45) is 0. The second kappa shape index (κ2) is 4.29. The quantitative estimate of drug-likeness (QED) is 0.857. The van der Waals surface area contributed by atoms with Gasteiger partial charge in [0.15, 0.2) is 0 Å². The summed E-state index contributed by atoms with van der Waals surface area (Å²) < 4.78 is 0. The molecule has 1 N–H and O–H groups in total. The number of carboxylic acids is 1. The van der Waals surface area contributed by atoms with Crippen molar-refractivity contribution in [1.29, 1.82) is 0 Å². The van der Waals surface area contributed by atoms with E-state index in [2.05, 4.69) is 0 Å². The van der Waals surface area contributed by atoms with Crippen LogP contribution in [-0.2, 0) is 0 Å². The van der Waals surface area contributed by atoms with Gasteiger partial charge < -0.3 is 10.2 Å². The van der Waals surface area contributed by atoms with Gasteiger partial charge in [0.05, 0.1) is 5.56 Å². The first-order valence-electron chi connectivity index (χ1n) is 5.19. The van der Waals surface area contributed by atoms with Crippen molar-refractivity contribution in [3.8, 4) is 16.9 Å². The van der Waals surface area contributed by atoms with Crippen molar-refractivity contribution >= 4 is 5.97 Å². The maximum atomic E-state index is 11.3. The third-order valence-electron chi connectivity index (χ3n) is 2.59. The molecule has 0 aliphatic rings. The molecular formula is C14H11O3-. The maximum Gasteiger partial charge on any atom is 0.335 e. The molecule has 3 nitrogen and oxygen atoms in total. The van der Waals surface area contributed by atoms with E-state index >= 15 is 0 Å². The minimum atomic E-state index is -1.19. The van der Waals surface area contributed by atoms with Gasteiger partial charge in [0, 0.05) is 0 Å². The molecule has 0 bridgehead atoms. The summed E-state index contributed by atoms with van der Waals surface area (Å²) in [5, 5.41) is 20.2. The summed E-state index contributed by atoms with van der Waals surface area (Å²) in [7, 11) is 0. The number of aromatic carboxylic acids is 1. The van der Waals surface area contributed by atoms with Gasteiger partial charge in [-0.2, -0.15) is 0 Å². The molecule has 0 amide bonds. The molecule has 3 heteroatoms. The monoisotopic (exact) mass is 227 g/mol. The zero-order valence-corrected chi connectivity index (χ0v) is 9.31. The Morgan fingerprint density at radius 2 is 1.65 bits per heavy atom. The second-order valence-corrected chi connectivity index (χ2v) is 3.88. The largest absolute Gasteiger partial charge is 0.872 e. The first-order chi connectivity index (χ1) is 8.08. The van der Waals surface area contributed by atoms with Gasteiger partial charge in [0.25, 0.3) is 0 Å². The summed E-state index contributed by atoms with van der Waals surface area (Å²) >= 11 is 0. The molecule has 2 aromatic carbocycles. The smallest absolute Gasteiger partial charge is 0.335 e. The molecule has 0 saturated carbocycles. The molecule has 0 aromatic heterocycles. The fourth-order valence-corrected chi connectivity index (χ4v) is 1.62. The van der Waals surface area contributed by atoms with Crippen LogP contribution in [0.1, 0.15) is 15.9 Å². The Morgan fingerprint density at radius 1 is 1.06 bits per heavy atom. The lowest BCUT2D eigenvalue weighted by Gasteiger charge is -2.11. The Kier molecular flexibility index (Phi) is 2.83. The van der Waals surface area contributed by atoms with Gasteiger partial charge in [-0.1, -0.05) is 47.7 Å². The van der Waals surface area contributed by atoms with Crippen LogP contribution in [0.3, 0.4) is 0 Å². The van der Waals surface area contributed by atoms with Gasteiger partial charge in [-0.3, -0.25) is 0 Å². The van der Waals surface area contributed by atoms with Crippen LogP contribution in [0.2, 0.25) is 0 Å². The summed E-state index contributed by atoms with van der Waals surface area (Å²) in [4.78, 5) is 10.9. The SMILES string of the molecule is Cc1ccc(-c2ccc([O-])c(C(=O)O)c2)cc1. The average molecular weight is 227 g/mol. The maximum absolute atomic E-state index is 11.3. The van der Waals surface area contributed by atoms with E-state index in [1.807, 2.05) is 31.2 Å². The first kappa shape index (κ1) is 11.2. The Hall–Kier alpha value is -2.29. The van der Waals surface area contributed by atoms with Crippen molar-refractivity contribution in [2.45, 2.75) is 6.92 Å². The normalized spacial score (nSPS) is 10.2. The molecule has 0 saturated heterocycles. The van der Waals surface area contributed by atoms with E-state index < -0.39 is 11.7 Å². The van der Waals surface area contributed by atoms with Gasteiger partial charge in [0.1, 0.15) is 0 Å². The lowest BCUT2D eigenvalue weighted by atomic mass is 10.0. The lowest BCUT2D eigenvalue weighted by molar-refractivity contribution is -0.268. The van der Waals surface area contributed by atoms with Crippen molar-refractivity contribution in [2.75, 3.05) is 0 Å².